The molecule has 1 aromatic heterocycles. The fourth-order valence-corrected chi connectivity index (χ4v) is 5.14. The number of hydrogen-bond donors (Lipinski definition) is 3. The number of fused-ring (bicyclic) bond motifs is 1. The van der Waals surface area contributed by atoms with Crippen molar-refractivity contribution in [1.29, 1.82) is 0 Å². The second-order valence-electron chi connectivity index (χ2n) is 10.1. The Morgan fingerprint density at radius 1 is 1.21 bits per heavy atom. The van der Waals surface area contributed by atoms with Crippen LogP contribution in [0.25, 0.3) is 11.0 Å². The number of imidazole rings is 1. The average Bonchev–Trinajstić information content (AvgIpc) is 3.32. The number of para-hydroxylation sites is 2. The number of piperidine rings is 1. The fourth-order valence-electron chi connectivity index (χ4n) is 5.14. The number of nitrogens with two attached hydrogens (primary N) is 1. The van der Waals surface area contributed by atoms with Gasteiger partial charge in [0.05, 0.1) is 18.1 Å². The van der Waals surface area contributed by atoms with E-state index in [1.165, 1.54) is 0 Å². The number of benzene rings is 2. The number of aromatic nitrogens is 2. The number of ether oxygens (including phenoxy) is 2. The van der Waals surface area contributed by atoms with Gasteiger partial charge in [0.2, 0.25) is 5.91 Å². The molecule has 2 heterocycles. The number of anilines is 1. The maximum absolute atomic E-state index is 13.2. The molecule has 1 aliphatic heterocycles. The molecular formula is C29H40N6O4. The van der Waals surface area contributed by atoms with Crippen LogP contribution in [0.1, 0.15) is 43.0 Å². The van der Waals surface area contributed by atoms with E-state index in [4.69, 9.17) is 20.2 Å². The van der Waals surface area contributed by atoms with Crippen molar-refractivity contribution in [3.8, 4) is 5.75 Å². The maximum Gasteiger partial charge on any atom is 0.319 e. The van der Waals surface area contributed by atoms with E-state index in [0.717, 1.165) is 54.0 Å². The molecule has 0 spiro atoms. The van der Waals surface area contributed by atoms with Gasteiger partial charge in [0.1, 0.15) is 11.6 Å². The largest absolute Gasteiger partial charge is 0.497 e. The number of carbonyl (C=O) groups is 2. The number of aryl methyl sites for hydroxylation is 2. The molecule has 39 heavy (non-hydrogen) atoms. The number of urea groups is 1. The lowest BCUT2D eigenvalue weighted by atomic mass is 9.96. The zero-order chi connectivity index (χ0) is 27.8. The van der Waals surface area contributed by atoms with Gasteiger partial charge < -0.3 is 35.3 Å². The highest BCUT2D eigenvalue weighted by Crippen LogP contribution is 2.30. The molecule has 10 nitrogen and oxygen atoms in total. The SMILES string of the molecule is COCCCn1c([C@@H]2CCCN(C(=O)C[C@@H](N)CNC(=O)Nc3ccc(OC)cc3C)C2)nc2ccccc21. The van der Waals surface area contributed by atoms with Crippen molar-refractivity contribution >= 4 is 28.7 Å². The second-order valence-corrected chi connectivity index (χ2v) is 10.1. The smallest absolute Gasteiger partial charge is 0.319 e. The van der Waals surface area contributed by atoms with E-state index >= 15 is 0 Å². The fraction of sp³-hybridized carbons (Fsp3) is 0.483. The van der Waals surface area contributed by atoms with Gasteiger partial charge in [0, 0.05) is 64.0 Å². The van der Waals surface area contributed by atoms with E-state index in [1.807, 2.05) is 36.1 Å². The predicted octanol–water partition coefficient (Wildman–Crippen LogP) is 3.63. The van der Waals surface area contributed by atoms with Crippen LogP contribution in [-0.4, -0.2) is 72.9 Å². The van der Waals surface area contributed by atoms with Crippen LogP contribution in [0, 0.1) is 6.92 Å². The van der Waals surface area contributed by atoms with Crippen LogP contribution >= 0.6 is 0 Å². The third-order valence-corrected chi connectivity index (χ3v) is 7.20. The number of nitrogens with zero attached hydrogens (tertiary/aromatic N) is 3. The number of methoxy groups -OCH3 is 2. The van der Waals surface area contributed by atoms with Crippen molar-refractivity contribution in [2.24, 2.45) is 5.73 Å². The summed E-state index contributed by atoms with van der Waals surface area (Å²) in [5.74, 6) is 1.91. The summed E-state index contributed by atoms with van der Waals surface area (Å²) in [5, 5.41) is 5.59. The summed E-state index contributed by atoms with van der Waals surface area (Å²) in [6, 6.07) is 12.7. The molecule has 3 aromatic rings. The first-order chi connectivity index (χ1) is 18.9. The van der Waals surface area contributed by atoms with E-state index in [0.29, 0.717) is 25.4 Å². The van der Waals surface area contributed by atoms with E-state index in [2.05, 4.69) is 21.3 Å². The summed E-state index contributed by atoms with van der Waals surface area (Å²) in [7, 11) is 3.31. The van der Waals surface area contributed by atoms with Gasteiger partial charge in [-0.1, -0.05) is 12.1 Å². The van der Waals surface area contributed by atoms with Crippen LogP contribution in [0.15, 0.2) is 42.5 Å². The van der Waals surface area contributed by atoms with Crippen LogP contribution < -0.4 is 21.1 Å². The number of rotatable bonds is 11. The standard InChI is InChI=1S/C29H40N6O4/c1-20-16-23(39-3)11-12-24(20)33-29(37)31-18-22(30)17-27(36)34-13-6-8-21(19-34)28-32-25-9-4-5-10-26(25)35(28)14-7-15-38-2/h4-5,9-12,16,21-22H,6-8,13-15,17-19,30H2,1-3H3,(H2,31,33,37)/t21-,22-/m1/s1. The Hall–Kier alpha value is -3.63. The van der Waals surface area contributed by atoms with Crippen LogP contribution in [-0.2, 0) is 16.1 Å². The molecule has 4 N–H and O–H groups in total. The third kappa shape index (κ3) is 7.27. The van der Waals surface area contributed by atoms with Crippen LogP contribution in [0.3, 0.4) is 0 Å². The Balaban J connectivity index is 1.31. The summed E-state index contributed by atoms with van der Waals surface area (Å²) in [5.41, 5.74) is 9.91. The Kier molecular flexibility index (Phi) is 9.78. The van der Waals surface area contributed by atoms with Crippen molar-refractivity contribution in [3.05, 3.63) is 53.9 Å². The van der Waals surface area contributed by atoms with Crippen LogP contribution in [0.4, 0.5) is 10.5 Å². The quantitative estimate of drug-likeness (QED) is 0.322. The zero-order valence-corrected chi connectivity index (χ0v) is 23.1. The summed E-state index contributed by atoms with van der Waals surface area (Å²) >= 11 is 0. The number of hydrogen-bond acceptors (Lipinski definition) is 6. The normalized spacial score (nSPS) is 16.2. The summed E-state index contributed by atoms with van der Waals surface area (Å²) < 4.78 is 12.8. The molecule has 10 heteroatoms. The molecule has 4 rings (SSSR count). The second kappa shape index (κ2) is 13.4. The van der Waals surface area contributed by atoms with Gasteiger partial charge in [-0.05, 0) is 62.1 Å². The molecule has 2 atom stereocenters. The van der Waals surface area contributed by atoms with Gasteiger partial charge in [-0.25, -0.2) is 9.78 Å². The maximum atomic E-state index is 13.2. The Morgan fingerprint density at radius 3 is 2.79 bits per heavy atom. The Bertz CT molecular complexity index is 1280. The topological polar surface area (TPSA) is 124 Å². The lowest BCUT2D eigenvalue weighted by molar-refractivity contribution is -0.132. The molecule has 0 bridgehead atoms. The highest BCUT2D eigenvalue weighted by Gasteiger charge is 2.29. The number of likely N-dealkylation sites (tertiary alicyclic amines) is 1. The first kappa shape index (κ1) is 28.4. The highest BCUT2D eigenvalue weighted by atomic mass is 16.5. The number of nitrogens with one attached hydrogen (secondary N) is 2. The zero-order valence-electron chi connectivity index (χ0n) is 23.1. The third-order valence-electron chi connectivity index (χ3n) is 7.20. The molecule has 1 saturated heterocycles. The highest BCUT2D eigenvalue weighted by molar-refractivity contribution is 5.90. The van der Waals surface area contributed by atoms with E-state index in [1.54, 1.807) is 26.4 Å². The van der Waals surface area contributed by atoms with Crippen LogP contribution in [0.2, 0.25) is 0 Å². The molecule has 1 fully saturated rings. The van der Waals surface area contributed by atoms with E-state index in [-0.39, 0.29) is 30.8 Å². The van der Waals surface area contributed by atoms with Gasteiger partial charge >= 0.3 is 6.03 Å². The molecule has 1 aliphatic rings. The van der Waals surface area contributed by atoms with Crippen molar-refractivity contribution < 1.29 is 19.1 Å². The van der Waals surface area contributed by atoms with Crippen LogP contribution in [0.5, 0.6) is 5.75 Å². The molecule has 0 radical (unpaired) electrons. The van der Waals surface area contributed by atoms with Crippen molar-refractivity contribution in [2.75, 3.05) is 45.8 Å². The molecule has 2 aromatic carbocycles. The van der Waals surface area contributed by atoms with Gasteiger partial charge in [-0.2, -0.15) is 0 Å². The van der Waals surface area contributed by atoms with Crippen molar-refractivity contribution in [1.82, 2.24) is 19.8 Å². The Labute approximate surface area is 229 Å². The van der Waals surface area contributed by atoms with E-state index < -0.39 is 6.04 Å². The minimum Gasteiger partial charge on any atom is -0.497 e. The minimum absolute atomic E-state index is 0.00227. The molecular weight excluding hydrogens is 496 g/mol. The van der Waals surface area contributed by atoms with Gasteiger partial charge in [-0.3, -0.25) is 4.79 Å². The van der Waals surface area contributed by atoms with Crippen molar-refractivity contribution in [3.63, 3.8) is 0 Å². The number of amides is 3. The van der Waals surface area contributed by atoms with E-state index in [9.17, 15) is 9.59 Å². The molecule has 0 unspecified atom stereocenters. The summed E-state index contributed by atoms with van der Waals surface area (Å²) in [6.45, 7) is 4.91. The van der Waals surface area contributed by atoms with Gasteiger partial charge in [0.25, 0.3) is 0 Å². The molecule has 0 aliphatic carbocycles. The first-order valence-electron chi connectivity index (χ1n) is 13.6. The summed E-state index contributed by atoms with van der Waals surface area (Å²) in [4.78, 5) is 32.4. The lowest BCUT2D eigenvalue weighted by Gasteiger charge is -2.33. The molecule has 0 saturated carbocycles. The van der Waals surface area contributed by atoms with Gasteiger partial charge in [-0.15, -0.1) is 0 Å². The van der Waals surface area contributed by atoms with Gasteiger partial charge in [0.15, 0.2) is 0 Å². The predicted molar refractivity (Wildman–Crippen MR) is 152 cm³/mol. The minimum atomic E-state index is -0.487. The number of carbonyl (C=O) groups excluding carboxylic acids is 2. The monoisotopic (exact) mass is 536 g/mol. The summed E-state index contributed by atoms with van der Waals surface area (Å²) in [6.07, 6.45) is 2.95. The Morgan fingerprint density at radius 2 is 2.03 bits per heavy atom. The van der Waals surface area contributed by atoms with Crippen molar-refractivity contribution in [2.45, 2.75) is 51.1 Å². The molecule has 210 valence electrons. The molecule has 3 amide bonds. The first-order valence-corrected chi connectivity index (χ1v) is 13.6. The average molecular weight is 537 g/mol. The lowest BCUT2D eigenvalue weighted by Crippen LogP contribution is -2.45.